The standard InChI is InChI=1S/C16H16F2N2O4/c1-7(19)6-24-15-11(17)4-9-13(12(15)18)20(8-2-3-8)5-10(14(9)21)16(22)23/h4-5,7-8H,2-3,6,19H2,1H3,(H,22,23). The van der Waals surface area contributed by atoms with Gasteiger partial charge in [-0.15, -0.1) is 0 Å². The zero-order valence-electron chi connectivity index (χ0n) is 12.9. The molecule has 3 N–H and O–H groups in total. The van der Waals surface area contributed by atoms with Crippen LogP contribution in [0.2, 0.25) is 0 Å². The van der Waals surface area contributed by atoms with E-state index in [2.05, 4.69) is 0 Å². The number of ether oxygens (including phenoxy) is 1. The van der Waals surface area contributed by atoms with Crippen molar-refractivity contribution in [2.75, 3.05) is 6.61 Å². The molecule has 0 bridgehead atoms. The van der Waals surface area contributed by atoms with Gasteiger partial charge in [0, 0.05) is 18.3 Å². The predicted molar refractivity (Wildman–Crippen MR) is 82.5 cm³/mol. The van der Waals surface area contributed by atoms with Gasteiger partial charge in [0.15, 0.2) is 17.4 Å². The maximum Gasteiger partial charge on any atom is 0.341 e. The van der Waals surface area contributed by atoms with Gasteiger partial charge >= 0.3 is 5.97 Å². The fourth-order valence-corrected chi connectivity index (χ4v) is 2.56. The molecule has 0 aliphatic heterocycles. The highest BCUT2D eigenvalue weighted by Gasteiger charge is 2.30. The Kier molecular flexibility index (Phi) is 4.00. The maximum absolute atomic E-state index is 14.8. The lowest BCUT2D eigenvalue weighted by Crippen LogP contribution is -2.25. The van der Waals surface area contributed by atoms with E-state index in [1.54, 1.807) is 6.92 Å². The number of halogens is 2. The third-order valence-corrected chi connectivity index (χ3v) is 3.83. The van der Waals surface area contributed by atoms with Gasteiger partial charge in [0.25, 0.3) is 0 Å². The molecule has 1 atom stereocenters. The van der Waals surface area contributed by atoms with Crippen LogP contribution in [0.5, 0.6) is 5.75 Å². The first kappa shape index (κ1) is 16.4. The van der Waals surface area contributed by atoms with E-state index in [-0.39, 0.29) is 23.6 Å². The van der Waals surface area contributed by atoms with Gasteiger partial charge in [-0.3, -0.25) is 4.79 Å². The average Bonchev–Trinajstić information content (AvgIpc) is 3.32. The first-order valence-corrected chi connectivity index (χ1v) is 7.49. The number of pyridine rings is 1. The summed E-state index contributed by atoms with van der Waals surface area (Å²) in [5, 5.41) is 8.84. The number of rotatable bonds is 5. The molecule has 1 aliphatic carbocycles. The third-order valence-electron chi connectivity index (χ3n) is 3.83. The molecule has 128 valence electrons. The van der Waals surface area contributed by atoms with Crippen molar-refractivity contribution < 1.29 is 23.4 Å². The van der Waals surface area contributed by atoms with Crippen molar-refractivity contribution in [2.45, 2.75) is 31.8 Å². The second-order valence-corrected chi connectivity index (χ2v) is 6.00. The SMILES string of the molecule is CC(N)COc1c(F)cc2c(=O)c(C(=O)O)cn(C3CC3)c2c1F. The Labute approximate surface area is 135 Å². The summed E-state index contributed by atoms with van der Waals surface area (Å²) in [6, 6.07) is 0.273. The number of nitrogens with zero attached hydrogens (tertiary/aromatic N) is 1. The number of hydrogen-bond donors (Lipinski definition) is 2. The normalized spacial score (nSPS) is 15.5. The average molecular weight is 338 g/mol. The molecule has 0 saturated heterocycles. The summed E-state index contributed by atoms with van der Waals surface area (Å²) in [5.74, 6) is -4.14. The molecule has 8 heteroatoms. The highest BCUT2D eigenvalue weighted by molar-refractivity contribution is 5.93. The molecule has 0 amide bonds. The van der Waals surface area contributed by atoms with E-state index in [9.17, 15) is 18.4 Å². The first-order valence-electron chi connectivity index (χ1n) is 7.49. The number of nitrogens with two attached hydrogens (primary N) is 1. The van der Waals surface area contributed by atoms with Crippen molar-refractivity contribution in [3.63, 3.8) is 0 Å². The zero-order valence-corrected chi connectivity index (χ0v) is 12.9. The highest BCUT2D eigenvalue weighted by Crippen LogP contribution is 2.39. The van der Waals surface area contributed by atoms with Crippen LogP contribution in [0.4, 0.5) is 8.78 Å². The molecule has 0 spiro atoms. The summed E-state index contributed by atoms with van der Waals surface area (Å²) in [6.45, 7) is 1.52. The van der Waals surface area contributed by atoms with Gasteiger partial charge < -0.3 is 20.1 Å². The minimum atomic E-state index is -1.44. The second kappa shape index (κ2) is 5.86. The number of carboxylic acids is 1. The Hall–Kier alpha value is -2.48. The Morgan fingerprint density at radius 2 is 2.17 bits per heavy atom. The maximum atomic E-state index is 14.8. The number of aromatic nitrogens is 1. The van der Waals surface area contributed by atoms with Crippen molar-refractivity contribution >= 4 is 16.9 Å². The second-order valence-electron chi connectivity index (χ2n) is 6.00. The number of hydrogen-bond acceptors (Lipinski definition) is 4. The van der Waals surface area contributed by atoms with Gasteiger partial charge in [0.2, 0.25) is 5.43 Å². The lowest BCUT2D eigenvalue weighted by Gasteiger charge is -2.16. The third kappa shape index (κ3) is 2.73. The van der Waals surface area contributed by atoms with Crippen LogP contribution in [-0.4, -0.2) is 28.3 Å². The smallest absolute Gasteiger partial charge is 0.341 e. The molecule has 1 heterocycles. The monoisotopic (exact) mass is 338 g/mol. The molecule has 6 nitrogen and oxygen atoms in total. The van der Waals surface area contributed by atoms with Crippen molar-refractivity contribution in [1.82, 2.24) is 4.57 Å². The largest absolute Gasteiger partial charge is 0.486 e. The molecule has 1 unspecified atom stereocenters. The van der Waals surface area contributed by atoms with E-state index in [4.69, 9.17) is 15.6 Å². The lowest BCUT2D eigenvalue weighted by atomic mass is 10.1. The molecule has 1 fully saturated rings. The van der Waals surface area contributed by atoms with Gasteiger partial charge in [0.05, 0.1) is 10.9 Å². The molecule has 0 radical (unpaired) electrons. The first-order chi connectivity index (χ1) is 11.3. The van der Waals surface area contributed by atoms with Gasteiger partial charge in [-0.25, -0.2) is 13.6 Å². The van der Waals surface area contributed by atoms with E-state index < -0.39 is 40.4 Å². The van der Waals surface area contributed by atoms with Crippen molar-refractivity contribution in [3.8, 4) is 5.75 Å². The lowest BCUT2D eigenvalue weighted by molar-refractivity contribution is 0.0695. The summed E-state index contributed by atoms with van der Waals surface area (Å²) >= 11 is 0. The van der Waals surface area contributed by atoms with Gasteiger partial charge in [-0.1, -0.05) is 0 Å². The van der Waals surface area contributed by atoms with E-state index in [0.717, 1.165) is 25.1 Å². The van der Waals surface area contributed by atoms with Crippen LogP contribution in [0.3, 0.4) is 0 Å². The van der Waals surface area contributed by atoms with E-state index in [0.29, 0.717) is 0 Å². The zero-order chi connectivity index (χ0) is 17.6. The molecular formula is C16H16F2N2O4. The molecular weight excluding hydrogens is 322 g/mol. The van der Waals surface area contributed by atoms with Crippen LogP contribution in [0, 0.1) is 11.6 Å². The van der Waals surface area contributed by atoms with Crippen LogP contribution in [0.15, 0.2) is 17.1 Å². The summed E-state index contributed by atoms with van der Waals surface area (Å²) in [5.41, 5.74) is 3.94. The fraction of sp³-hybridized carbons (Fsp3) is 0.375. The number of benzene rings is 1. The van der Waals surface area contributed by atoms with Gasteiger partial charge in [-0.2, -0.15) is 0 Å². The molecule has 3 rings (SSSR count). The molecule has 1 aromatic heterocycles. The molecule has 24 heavy (non-hydrogen) atoms. The van der Waals surface area contributed by atoms with Crippen LogP contribution < -0.4 is 15.9 Å². The highest BCUT2D eigenvalue weighted by atomic mass is 19.1. The molecule has 1 saturated carbocycles. The van der Waals surface area contributed by atoms with Crippen molar-refractivity contribution in [3.05, 3.63) is 39.7 Å². The van der Waals surface area contributed by atoms with Crippen LogP contribution in [-0.2, 0) is 0 Å². The van der Waals surface area contributed by atoms with Crippen molar-refractivity contribution in [2.24, 2.45) is 5.73 Å². The van der Waals surface area contributed by atoms with Gasteiger partial charge in [-0.05, 0) is 25.8 Å². The Bertz CT molecular complexity index is 888. The molecule has 1 aromatic carbocycles. The minimum absolute atomic E-state index is 0.0970. The number of carbonyl (C=O) groups is 1. The minimum Gasteiger partial charge on any atom is -0.486 e. The predicted octanol–water partition coefficient (Wildman–Crippen LogP) is 2.04. The van der Waals surface area contributed by atoms with E-state index >= 15 is 0 Å². The van der Waals surface area contributed by atoms with E-state index in [1.807, 2.05) is 0 Å². The molecule has 1 aliphatic rings. The molecule has 2 aromatic rings. The topological polar surface area (TPSA) is 94.6 Å². The fourth-order valence-electron chi connectivity index (χ4n) is 2.56. The summed E-state index contributed by atoms with van der Waals surface area (Å²) in [4.78, 5) is 23.5. The summed E-state index contributed by atoms with van der Waals surface area (Å²) in [6.07, 6.45) is 2.56. The summed E-state index contributed by atoms with van der Waals surface area (Å²) in [7, 11) is 0. The van der Waals surface area contributed by atoms with Crippen LogP contribution in [0.25, 0.3) is 10.9 Å². The number of fused-ring (bicyclic) bond motifs is 1. The van der Waals surface area contributed by atoms with Gasteiger partial charge in [0.1, 0.15) is 12.2 Å². The number of carboxylic acid groups (broad SMARTS) is 1. The van der Waals surface area contributed by atoms with Crippen molar-refractivity contribution in [1.29, 1.82) is 0 Å². The van der Waals surface area contributed by atoms with Crippen LogP contribution >= 0.6 is 0 Å². The Morgan fingerprint density at radius 1 is 1.50 bits per heavy atom. The van der Waals surface area contributed by atoms with E-state index in [1.165, 1.54) is 4.57 Å². The Morgan fingerprint density at radius 3 is 2.71 bits per heavy atom. The Balaban J connectivity index is 2.30. The number of aromatic carboxylic acids is 1. The van der Waals surface area contributed by atoms with Crippen LogP contribution in [0.1, 0.15) is 36.2 Å². The quantitative estimate of drug-likeness (QED) is 0.870. The summed E-state index contributed by atoms with van der Waals surface area (Å²) < 4.78 is 35.5.